The Morgan fingerprint density at radius 1 is 1.30 bits per heavy atom. The quantitative estimate of drug-likeness (QED) is 0.841. The van der Waals surface area contributed by atoms with Crippen molar-refractivity contribution in [2.24, 2.45) is 5.73 Å². The molecule has 1 aromatic rings. The third kappa shape index (κ3) is 2.56. The Bertz CT molecular complexity index is 591. The van der Waals surface area contributed by atoms with E-state index >= 15 is 0 Å². The zero-order chi connectivity index (χ0) is 14.7. The Kier molecular flexibility index (Phi) is 4.44. The molecule has 5 nitrogen and oxygen atoms in total. The van der Waals surface area contributed by atoms with E-state index in [4.69, 9.17) is 17.3 Å². The lowest BCUT2D eigenvalue weighted by atomic mass is 10.00. The average Bonchev–Trinajstić information content (AvgIpc) is 2.46. The molecule has 20 heavy (non-hydrogen) atoms. The number of halogens is 1. The van der Waals surface area contributed by atoms with Gasteiger partial charge in [0.15, 0.2) is 0 Å². The molecule has 104 valence electrons. The van der Waals surface area contributed by atoms with Crippen LogP contribution in [0.2, 0.25) is 5.15 Å². The number of aromatic nitrogens is 1. The fourth-order valence-corrected chi connectivity index (χ4v) is 2.75. The van der Waals surface area contributed by atoms with E-state index in [9.17, 15) is 10.5 Å². The van der Waals surface area contributed by atoms with Gasteiger partial charge in [0.05, 0.1) is 11.1 Å². The van der Waals surface area contributed by atoms with E-state index in [0.29, 0.717) is 28.9 Å². The summed E-state index contributed by atoms with van der Waals surface area (Å²) < 4.78 is 0. The molecule has 0 radical (unpaired) electrons. The topological polar surface area (TPSA) is 89.7 Å². The number of nitriles is 2. The summed E-state index contributed by atoms with van der Waals surface area (Å²) in [6.07, 6.45) is 2.31. The first kappa shape index (κ1) is 14.6. The number of rotatable bonds is 2. The van der Waals surface area contributed by atoms with Gasteiger partial charge in [-0.05, 0) is 24.8 Å². The molecule has 1 fully saturated rings. The van der Waals surface area contributed by atoms with Gasteiger partial charge in [0.1, 0.15) is 23.1 Å². The van der Waals surface area contributed by atoms with Gasteiger partial charge in [0.2, 0.25) is 0 Å². The number of nitrogens with zero attached hydrogens (tertiary/aromatic N) is 4. The van der Waals surface area contributed by atoms with Crippen molar-refractivity contribution in [2.75, 3.05) is 18.0 Å². The standard InChI is InChI=1S/C14H16ClN5/c1-2-10-11(7-16)13(15)19-14(12(10)8-17)20-5-3-9(18)4-6-20/h9H,2-6,18H2,1H3. The number of anilines is 1. The highest BCUT2D eigenvalue weighted by atomic mass is 35.5. The van der Waals surface area contributed by atoms with Crippen LogP contribution >= 0.6 is 11.6 Å². The van der Waals surface area contributed by atoms with Crippen molar-refractivity contribution in [1.82, 2.24) is 4.98 Å². The van der Waals surface area contributed by atoms with Crippen LogP contribution in [0.25, 0.3) is 0 Å². The summed E-state index contributed by atoms with van der Waals surface area (Å²) in [6, 6.07) is 4.43. The molecule has 1 aliphatic rings. The molecular weight excluding hydrogens is 274 g/mol. The Labute approximate surface area is 123 Å². The maximum absolute atomic E-state index is 9.43. The van der Waals surface area contributed by atoms with Gasteiger partial charge in [-0.2, -0.15) is 10.5 Å². The first-order valence-electron chi connectivity index (χ1n) is 6.65. The Hall–Kier alpha value is -1.82. The lowest BCUT2D eigenvalue weighted by Gasteiger charge is -2.32. The van der Waals surface area contributed by atoms with E-state index in [1.165, 1.54) is 0 Å². The maximum atomic E-state index is 9.43. The summed E-state index contributed by atoms with van der Waals surface area (Å²) in [7, 11) is 0. The monoisotopic (exact) mass is 289 g/mol. The average molecular weight is 290 g/mol. The summed E-state index contributed by atoms with van der Waals surface area (Å²) in [4.78, 5) is 6.31. The molecule has 6 heteroatoms. The van der Waals surface area contributed by atoms with E-state index < -0.39 is 0 Å². The second kappa shape index (κ2) is 6.09. The van der Waals surface area contributed by atoms with E-state index in [2.05, 4.69) is 11.1 Å². The smallest absolute Gasteiger partial charge is 0.149 e. The fourth-order valence-electron chi connectivity index (χ4n) is 2.51. The van der Waals surface area contributed by atoms with Crippen LogP contribution in [0.4, 0.5) is 5.82 Å². The molecule has 0 amide bonds. The molecule has 1 saturated heterocycles. The highest BCUT2D eigenvalue weighted by Crippen LogP contribution is 2.30. The van der Waals surface area contributed by atoms with Gasteiger partial charge in [0, 0.05) is 19.1 Å². The fraction of sp³-hybridized carbons (Fsp3) is 0.500. The molecule has 0 bridgehead atoms. The highest BCUT2D eigenvalue weighted by molar-refractivity contribution is 6.30. The molecule has 0 unspecified atom stereocenters. The van der Waals surface area contributed by atoms with Crippen molar-refractivity contribution in [2.45, 2.75) is 32.2 Å². The van der Waals surface area contributed by atoms with Crippen LogP contribution in [0.1, 0.15) is 36.5 Å². The molecule has 0 aromatic carbocycles. The van der Waals surface area contributed by atoms with Crippen LogP contribution in [0.15, 0.2) is 0 Å². The molecule has 0 saturated carbocycles. The van der Waals surface area contributed by atoms with Crippen molar-refractivity contribution in [3.05, 3.63) is 21.8 Å². The van der Waals surface area contributed by atoms with Crippen molar-refractivity contribution in [3.63, 3.8) is 0 Å². The number of piperidine rings is 1. The predicted molar refractivity (Wildman–Crippen MR) is 77.5 cm³/mol. The first-order chi connectivity index (χ1) is 9.62. The first-order valence-corrected chi connectivity index (χ1v) is 7.03. The lowest BCUT2D eigenvalue weighted by molar-refractivity contribution is 0.498. The zero-order valence-corrected chi connectivity index (χ0v) is 12.1. The van der Waals surface area contributed by atoms with Gasteiger partial charge in [0.25, 0.3) is 0 Å². The molecule has 2 rings (SSSR count). The number of nitrogens with two attached hydrogens (primary N) is 1. The number of pyridine rings is 1. The van der Waals surface area contributed by atoms with Crippen LogP contribution in [0, 0.1) is 22.7 Å². The molecule has 0 spiro atoms. The van der Waals surface area contributed by atoms with Crippen LogP contribution in [-0.2, 0) is 6.42 Å². The van der Waals surface area contributed by atoms with Crippen LogP contribution in [-0.4, -0.2) is 24.1 Å². The molecular formula is C14H16ClN5. The highest BCUT2D eigenvalue weighted by Gasteiger charge is 2.24. The van der Waals surface area contributed by atoms with Crippen LogP contribution in [0.3, 0.4) is 0 Å². The second-order valence-electron chi connectivity index (χ2n) is 4.86. The molecule has 1 aliphatic heterocycles. The minimum absolute atomic E-state index is 0.174. The van der Waals surface area contributed by atoms with Crippen LogP contribution in [0.5, 0.6) is 0 Å². The van der Waals surface area contributed by atoms with Gasteiger partial charge in [-0.15, -0.1) is 0 Å². The van der Waals surface area contributed by atoms with Crippen molar-refractivity contribution >= 4 is 17.4 Å². The van der Waals surface area contributed by atoms with E-state index in [-0.39, 0.29) is 11.2 Å². The SMILES string of the molecule is CCc1c(C#N)c(Cl)nc(N2CCC(N)CC2)c1C#N. The summed E-state index contributed by atoms with van der Waals surface area (Å²) in [6.45, 7) is 3.42. The Morgan fingerprint density at radius 2 is 1.90 bits per heavy atom. The van der Waals surface area contributed by atoms with Crippen molar-refractivity contribution in [3.8, 4) is 12.1 Å². The zero-order valence-electron chi connectivity index (χ0n) is 11.4. The number of hydrogen-bond donors (Lipinski definition) is 1. The van der Waals surface area contributed by atoms with Gasteiger partial charge in [-0.1, -0.05) is 18.5 Å². The van der Waals surface area contributed by atoms with Crippen molar-refractivity contribution in [1.29, 1.82) is 10.5 Å². The molecule has 0 atom stereocenters. The molecule has 0 aliphatic carbocycles. The Morgan fingerprint density at radius 3 is 2.40 bits per heavy atom. The molecule has 2 heterocycles. The lowest BCUT2D eigenvalue weighted by Crippen LogP contribution is -2.40. The van der Waals surface area contributed by atoms with Crippen LogP contribution < -0.4 is 10.6 Å². The minimum atomic E-state index is 0.174. The maximum Gasteiger partial charge on any atom is 0.149 e. The third-order valence-corrected chi connectivity index (χ3v) is 3.93. The molecule has 2 N–H and O–H groups in total. The normalized spacial score (nSPS) is 15.8. The molecule has 1 aromatic heterocycles. The van der Waals surface area contributed by atoms with Gasteiger partial charge in [-0.25, -0.2) is 4.98 Å². The van der Waals surface area contributed by atoms with E-state index in [1.54, 1.807) is 0 Å². The van der Waals surface area contributed by atoms with Crippen molar-refractivity contribution < 1.29 is 0 Å². The largest absolute Gasteiger partial charge is 0.355 e. The Balaban J connectivity index is 2.52. The summed E-state index contributed by atoms with van der Waals surface area (Å²) in [5, 5.41) is 18.8. The summed E-state index contributed by atoms with van der Waals surface area (Å²) >= 11 is 6.10. The van der Waals surface area contributed by atoms with Gasteiger partial charge in [-0.3, -0.25) is 0 Å². The predicted octanol–water partition coefficient (Wildman–Crippen LogP) is 1.97. The minimum Gasteiger partial charge on any atom is -0.355 e. The summed E-state index contributed by atoms with van der Waals surface area (Å²) in [5.41, 5.74) is 7.35. The van der Waals surface area contributed by atoms with E-state index in [1.807, 2.05) is 17.9 Å². The number of hydrogen-bond acceptors (Lipinski definition) is 5. The third-order valence-electron chi connectivity index (χ3n) is 3.65. The van der Waals surface area contributed by atoms with Gasteiger partial charge >= 0.3 is 0 Å². The van der Waals surface area contributed by atoms with Gasteiger partial charge < -0.3 is 10.6 Å². The summed E-state index contributed by atoms with van der Waals surface area (Å²) in [5.74, 6) is 0.584. The van der Waals surface area contributed by atoms with E-state index in [0.717, 1.165) is 25.9 Å². The second-order valence-corrected chi connectivity index (χ2v) is 5.21.